The van der Waals surface area contributed by atoms with E-state index >= 15 is 0 Å². The van der Waals surface area contributed by atoms with E-state index in [9.17, 15) is 4.79 Å². The van der Waals surface area contributed by atoms with Gasteiger partial charge in [0.15, 0.2) is 0 Å². The molecule has 0 spiro atoms. The van der Waals surface area contributed by atoms with Gasteiger partial charge in [-0.25, -0.2) is 9.78 Å². The van der Waals surface area contributed by atoms with Gasteiger partial charge in [-0.05, 0) is 25.8 Å². The molecule has 0 fully saturated rings. The minimum absolute atomic E-state index is 0.307. The summed E-state index contributed by atoms with van der Waals surface area (Å²) < 4.78 is 5.41. The molecule has 0 N–H and O–H groups in total. The molecule has 0 saturated heterocycles. The summed E-state index contributed by atoms with van der Waals surface area (Å²) in [5.41, 5.74) is 0.883. The van der Waals surface area contributed by atoms with Crippen LogP contribution in [0.3, 0.4) is 0 Å². The number of aryl methyl sites for hydroxylation is 1. The van der Waals surface area contributed by atoms with Gasteiger partial charge in [0, 0.05) is 18.0 Å². The minimum atomic E-state index is -0.323. The standard InChI is InChI=1S/C14H16N2O2S/c1-3-5-13-16-9-12(19-13)14(17)18-10(2)11-6-4-7-15-8-11/h4,6-10H,3,5H2,1-2H3. The van der Waals surface area contributed by atoms with E-state index in [2.05, 4.69) is 16.9 Å². The van der Waals surface area contributed by atoms with Crippen LogP contribution >= 0.6 is 11.3 Å². The Morgan fingerprint density at radius 2 is 2.32 bits per heavy atom. The number of nitrogens with zero attached hydrogens (tertiary/aromatic N) is 2. The highest BCUT2D eigenvalue weighted by atomic mass is 32.1. The number of ether oxygens (including phenoxy) is 1. The van der Waals surface area contributed by atoms with Crippen LogP contribution in [-0.4, -0.2) is 15.9 Å². The van der Waals surface area contributed by atoms with Crippen molar-refractivity contribution in [3.05, 3.63) is 46.2 Å². The first-order valence-electron chi connectivity index (χ1n) is 6.26. The number of thiazole rings is 1. The average Bonchev–Trinajstić information content (AvgIpc) is 2.89. The second-order valence-electron chi connectivity index (χ2n) is 4.20. The fourth-order valence-electron chi connectivity index (χ4n) is 1.64. The Bertz CT molecular complexity index is 539. The molecule has 19 heavy (non-hydrogen) atoms. The molecule has 2 rings (SSSR count). The first kappa shape index (κ1) is 13.7. The lowest BCUT2D eigenvalue weighted by atomic mass is 10.2. The molecule has 2 aromatic heterocycles. The number of carbonyl (C=O) groups excluding carboxylic acids is 1. The van der Waals surface area contributed by atoms with E-state index in [0.717, 1.165) is 23.4 Å². The maximum atomic E-state index is 12.0. The molecule has 1 unspecified atom stereocenters. The van der Waals surface area contributed by atoms with Gasteiger partial charge in [-0.2, -0.15) is 0 Å². The monoisotopic (exact) mass is 276 g/mol. The summed E-state index contributed by atoms with van der Waals surface area (Å²) >= 11 is 1.40. The Morgan fingerprint density at radius 3 is 3.00 bits per heavy atom. The van der Waals surface area contributed by atoms with Crippen molar-refractivity contribution in [2.75, 3.05) is 0 Å². The number of pyridine rings is 1. The van der Waals surface area contributed by atoms with Crippen LogP contribution < -0.4 is 0 Å². The maximum absolute atomic E-state index is 12.0. The largest absolute Gasteiger partial charge is 0.454 e. The Morgan fingerprint density at radius 1 is 1.47 bits per heavy atom. The third-order valence-corrected chi connectivity index (χ3v) is 3.69. The van der Waals surface area contributed by atoms with E-state index < -0.39 is 0 Å². The molecule has 1 atom stereocenters. The topological polar surface area (TPSA) is 52.1 Å². The molecule has 0 radical (unpaired) electrons. The fraction of sp³-hybridized carbons (Fsp3) is 0.357. The second kappa shape index (κ2) is 6.43. The van der Waals surface area contributed by atoms with Crippen LogP contribution in [0.1, 0.15) is 46.6 Å². The minimum Gasteiger partial charge on any atom is -0.454 e. The van der Waals surface area contributed by atoms with E-state index in [1.54, 1.807) is 18.6 Å². The van der Waals surface area contributed by atoms with Gasteiger partial charge in [0.25, 0.3) is 0 Å². The average molecular weight is 276 g/mol. The zero-order valence-corrected chi connectivity index (χ0v) is 11.8. The molecule has 0 bridgehead atoms. The van der Waals surface area contributed by atoms with E-state index in [1.165, 1.54) is 11.3 Å². The summed E-state index contributed by atoms with van der Waals surface area (Å²) in [5.74, 6) is -0.323. The molecule has 0 aliphatic heterocycles. The number of hydrogen-bond acceptors (Lipinski definition) is 5. The van der Waals surface area contributed by atoms with E-state index in [4.69, 9.17) is 4.74 Å². The first-order chi connectivity index (χ1) is 9.20. The lowest BCUT2D eigenvalue weighted by Crippen LogP contribution is -2.08. The lowest BCUT2D eigenvalue weighted by Gasteiger charge is -2.11. The summed E-state index contributed by atoms with van der Waals surface area (Å²) in [6.07, 6.45) is 6.60. The number of rotatable bonds is 5. The van der Waals surface area contributed by atoms with Crippen LogP contribution in [0.4, 0.5) is 0 Å². The number of esters is 1. The van der Waals surface area contributed by atoms with Crippen LogP contribution in [0.15, 0.2) is 30.7 Å². The highest BCUT2D eigenvalue weighted by molar-refractivity contribution is 7.13. The van der Waals surface area contributed by atoms with Crippen LogP contribution in [-0.2, 0) is 11.2 Å². The summed E-state index contributed by atoms with van der Waals surface area (Å²) in [6, 6.07) is 3.71. The van der Waals surface area contributed by atoms with Gasteiger partial charge in [-0.15, -0.1) is 11.3 Å². The lowest BCUT2D eigenvalue weighted by molar-refractivity contribution is 0.0343. The predicted octanol–water partition coefficient (Wildman–Crippen LogP) is 3.41. The summed E-state index contributed by atoms with van der Waals surface area (Å²) in [5, 5.41) is 0.975. The van der Waals surface area contributed by atoms with Gasteiger partial charge < -0.3 is 4.74 Å². The third-order valence-electron chi connectivity index (χ3n) is 2.66. The van der Waals surface area contributed by atoms with Crippen molar-refractivity contribution >= 4 is 17.3 Å². The Labute approximate surface area is 116 Å². The van der Waals surface area contributed by atoms with Crippen molar-refractivity contribution in [1.29, 1.82) is 0 Å². The van der Waals surface area contributed by atoms with Gasteiger partial charge in [-0.1, -0.05) is 13.0 Å². The molecule has 0 saturated carbocycles. The molecule has 2 heterocycles. The van der Waals surface area contributed by atoms with Gasteiger partial charge >= 0.3 is 5.97 Å². The van der Waals surface area contributed by atoms with E-state index in [1.807, 2.05) is 19.1 Å². The molecule has 0 aliphatic rings. The SMILES string of the molecule is CCCc1ncc(C(=O)OC(C)c2cccnc2)s1. The van der Waals surface area contributed by atoms with Crippen molar-refractivity contribution in [3.63, 3.8) is 0 Å². The van der Waals surface area contributed by atoms with Crippen molar-refractivity contribution < 1.29 is 9.53 Å². The van der Waals surface area contributed by atoms with Crippen molar-refractivity contribution in [2.24, 2.45) is 0 Å². The van der Waals surface area contributed by atoms with Crippen LogP contribution in [0.5, 0.6) is 0 Å². The Kier molecular flexibility index (Phi) is 4.63. The van der Waals surface area contributed by atoms with Gasteiger partial charge in [0.2, 0.25) is 0 Å². The Balaban J connectivity index is 2.00. The van der Waals surface area contributed by atoms with Crippen molar-refractivity contribution in [3.8, 4) is 0 Å². The van der Waals surface area contributed by atoms with Crippen LogP contribution in [0.2, 0.25) is 0 Å². The second-order valence-corrected chi connectivity index (χ2v) is 5.32. The van der Waals surface area contributed by atoms with Gasteiger partial charge in [-0.3, -0.25) is 4.98 Å². The molecule has 5 heteroatoms. The summed E-state index contributed by atoms with van der Waals surface area (Å²) in [7, 11) is 0. The molecule has 2 aromatic rings. The molecule has 0 aliphatic carbocycles. The highest BCUT2D eigenvalue weighted by Crippen LogP contribution is 2.21. The molecule has 0 amide bonds. The van der Waals surface area contributed by atoms with E-state index in [-0.39, 0.29) is 12.1 Å². The van der Waals surface area contributed by atoms with E-state index in [0.29, 0.717) is 4.88 Å². The van der Waals surface area contributed by atoms with Crippen molar-refractivity contribution in [1.82, 2.24) is 9.97 Å². The Hall–Kier alpha value is -1.75. The van der Waals surface area contributed by atoms with Crippen LogP contribution in [0.25, 0.3) is 0 Å². The predicted molar refractivity (Wildman–Crippen MR) is 74.2 cm³/mol. The fourth-order valence-corrected chi connectivity index (χ4v) is 2.54. The summed E-state index contributed by atoms with van der Waals surface area (Å²) in [6.45, 7) is 3.92. The van der Waals surface area contributed by atoms with Gasteiger partial charge in [0.1, 0.15) is 11.0 Å². The van der Waals surface area contributed by atoms with Crippen molar-refractivity contribution in [2.45, 2.75) is 32.8 Å². The molecular formula is C14H16N2O2S. The summed E-state index contributed by atoms with van der Waals surface area (Å²) in [4.78, 5) is 20.8. The number of hydrogen-bond donors (Lipinski definition) is 0. The maximum Gasteiger partial charge on any atom is 0.350 e. The number of carbonyl (C=O) groups is 1. The first-order valence-corrected chi connectivity index (χ1v) is 7.08. The number of aromatic nitrogens is 2. The molecule has 4 nitrogen and oxygen atoms in total. The zero-order valence-electron chi connectivity index (χ0n) is 11.0. The van der Waals surface area contributed by atoms with Crippen LogP contribution in [0, 0.1) is 0 Å². The normalized spacial score (nSPS) is 12.1. The zero-order chi connectivity index (χ0) is 13.7. The molecule has 100 valence electrons. The van der Waals surface area contributed by atoms with Gasteiger partial charge in [0.05, 0.1) is 11.2 Å². The molecular weight excluding hydrogens is 260 g/mol. The third kappa shape index (κ3) is 3.61. The quantitative estimate of drug-likeness (QED) is 0.785. The highest BCUT2D eigenvalue weighted by Gasteiger charge is 2.16. The molecule has 0 aromatic carbocycles. The smallest absolute Gasteiger partial charge is 0.350 e.